The fourth-order valence-electron chi connectivity index (χ4n) is 1.83. The summed E-state index contributed by atoms with van der Waals surface area (Å²) in [7, 11) is 0. The number of aliphatic hydroxyl groups is 1. The Morgan fingerprint density at radius 2 is 2.05 bits per heavy atom. The van der Waals surface area contributed by atoms with E-state index in [1.165, 1.54) is 0 Å². The molecule has 0 radical (unpaired) electrons. The van der Waals surface area contributed by atoms with Crippen LogP contribution in [-0.4, -0.2) is 37.6 Å². The molecule has 2 N–H and O–H groups in total. The van der Waals surface area contributed by atoms with Crippen LogP contribution in [0.25, 0.3) is 0 Å². The molecule has 1 unspecified atom stereocenters. The third-order valence-electron chi connectivity index (χ3n) is 2.85. The van der Waals surface area contributed by atoms with E-state index in [1.54, 1.807) is 0 Å². The van der Waals surface area contributed by atoms with E-state index in [2.05, 4.69) is 35.1 Å². The van der Waals surface area contributed by atoms with E-state index >= 15 is 0 Å². The van der Waals surface area contributed by atoms with Crippen molar-refractivity contribution in [3.8, 4) is 5.75 Å². The fourth-order valence-corrected chi connectivity index (χ4v) is 2.35. The molecular weight excluding hydrogens is 334 g/mol. The second-order valence-corrected chi connectivity index (χ2v) is 6.23. The molecule has 0 bridgehead atoms. The Kier molecular flexibility index (Phi) is 8.92. The van der Waals surface area contributed by atoms with Crippen LogP contribution in [0.15, 0.2) is 22.7 Å². The Balaban J connectivity index is 2.58. The van der Waals surface area contributed by atoms with Gasteiger partial charge >= 0.3 is 0 Å². The Morgan fingerprint density at radius 3 is 2.71 bits per heavy atom. The van der Waals surface area contributed by atoms with Gasteiger partial charge in [0.05, 0.1) is 11.1 Å². The number of aliphatic hydroxyl groups excluding tert-OH is 1. The van der Waals surface area contributed by atoms with E-state index < -0.39 is 6.10 Å². The topological polar surface area (TPSA) is 50.7 Å². The fraction of sp³-hybridized carbons (Fsp3) is 0.625. The molecule has 0 saturated heterocycles. The van der Waals surface area contributed by atoms with Gasteiger partial charge in [0.15, 0.2) is 0 Å². The van der Waals surface area contributed by atoms with Gasteiger partial charge in [-0.25, -0.2) is 0 Å². The zero-order valence-corrected chi connectivity index (χ0v) is 14.6. The lowest BCUT2D eigenvalue weighted by Gasteiger charge is -2.17. The number of hydrogen-bond donors (Lipinski definition) is 2. The first-order chi connectivity index (χ1) is 10.0. The summed E-state index contributed by atoms with van der Waals surface area (Å²) in [5.74, 6) is 1.39. The second-order valence-electron chi connectivity index (χ2n) is 5.38. The number of para-hydroxylation sites is 1. The van der Waals surface area contributed by atoms with Crippen LogP contribution in [0, 0.1) is 5.92 Å². The molecule has 0 saturated carbocycles. The monoisotopic (exact) mass is 359 g/mol. The van der Waals surface area contributed by atoms with Crippen molar-refractivity contribution in [2.75, 3.05) is 26.4 Å². The lowest BCUT2D eigenvalue weighted by Crippen LogP contribution is -2.24. The summed E-state index contributed by atoms with van der Waals surface area (Å²) in [6, 6.07) is 5.96. The molecular formula is C16H26BrNO3. The minimum absolute atomic E-state index is 0.222. The largest absolute Gasteiger partial charge is 0.489 e. The van der Waals surface area contributed by atoms with E-state index in [-0.39, 0.29) is 6.61 Å². The molecule has 0 fully saturated rings. The molecule has 5 heteroatoms. The minimum Gasteiger partial charge on any atom is -0.489 e. The molecule has 0 aromatic heterocycles. The lowest BCUT2D eigenvalue weighted by atomic mass is 10.2. The smallest absolute Gasteiger partial charge is 0.138 e. The number of halogens is 1. The van der Waals surface area contributed by atoms with Gasteiger partial charge in [-0.15, -0.1) is 0 Å². The van der Waals surface area contributed by atoms with Gasteiger partial charge in [-0.1, -0.05) is 26.0 Å². The zero-order valence-electron chi connectivity index (χ0n) is 13.1. The summed E-state index contributed by atoms with van der Waals surface area (Å²) in [6.45, 7) is 9.07. The SMILES string of the molecule is CCOCC(O)COc1c(Br)cccc1CNCC(C)C. The molecule has 21 heavy (non-hydrogen) atoms. The van der Waals surface area contributed by atoms with E-state index in [9.17, 15) is 5.11 Å². The van der Waals surface area contributed by atoms with Crippen LogP contribution in [0.1, 0.15) is 26.3 Å². The molecule has 1 atom stereocenters. The maximum absolute atomic E-state index is 9.79. The molecule has 0 amide bonds. The van der Waals surface area contributed by atoms with Crippen molar-refractivity contribution in [2.24, 2.45) is 5.92 Å². The number of ether oxygens (including phenoxy) is 2. The van der Waals surface area contributed by atoms with Gasteiger partial charge in [0.2, 0.25) is 0 Å². The van der Waals surface area contributed by atoms with Gasteiger partial charge in [-0.3, -0.25) is 0 Å². The number of hydrogen-bond acceptors (Lipinski definition) is 4. The standard InChI is InChI=1S/C16H26BrNO3/c1-4-20-10-14(19)11-21-16-13(6-5-7-15(16)17)9-18-8-12(2)3/h5-7,12,14,18-19H,4,8-11H2,1-3H3. The molecule has 0 heterocycles. The Morgan fingerprint density at radius 1 is 1.29 bits per heavy atom. The van der Waals surface area contributed by atoms with Crippen molar-refractivity contribution >= 4 is 15.9 Å². The first-order valence-electron chi connectivity index (χ1n) is 7.41. The molecule has 1 rings (SSSR count). The summed E-state index contributed by atoms with van der Waals surface area (Å²) in [6.07, 6.45) is -0.617. The zero-order chi connectivity index (χ0) is 15.7. The first kappa shape index (κ1) is 18.4. The quantitative estimate of drug-likeness (QED) is 0.674. The number of nitrogens with one attached hydrogen (secondary N) is 1. The highest BCUT2D eigenvalue weighted by molar-refractivity contribution is 9.10. The van der Waals surface area contributed by atoms with Crippen LogP contribution in [0.2, 0.25) is 0 Å². The minimum atomic E-state index is -0.617. The van der Waals surface area contributed by atoms with Crippen LogP contribution in [0.5, 0.6) is 5.75 Å². The Hall–Kier alpha value is -0.620. The normalized spacial score (nSPS) is 12.7. The van der Waals surface area contributed by atoms with Gasteiger partial charge in [0.1, 0.15) is 18.5 Å². The molecule has 120 valence electrons. The molecule has 1 aromatic rings. The van der Waals surface area contributed by atoms with Crippen molar-refractivity contribution in [2.45, 2.75) is 33.4 Å². The summed E-state index contributed by atoms with van der Waals surface area (Å²) in [4.78, 5) is 0. The van der Waals surface area contributed by atoms with Gasteiger partial charge in [-0.2, -0.15) is 0 Å². The average molecular weight is 360 g/mol. The van der Waals surface area contributed by atoms with Crippen LogP contribution < -0.4 is 10.1 Å². The summed E-state index contributed by atoms with van der Waals surface area (Å²) < 4.78 is 11.8. The molecule has 0 aliphatic rings. The predicted molar refractivity (Wildman–Crippen MR) is 88.7 cm³/mol. The van der Waals surface area contributed by atoms with Gasteiger partial charge < -0.3 is 19.9 Å². The van der Waals surface area contributed by atoms with Crippen molar-refractivity contribution in [3.63, 3.8) is 0 Å². The summed E-state index contributed by atoms with van der Waals surface area (Å²) >= 11 is 3.51. The molecule has 0 spiro atoms. The Labute approximate surface area is 136 Å². The molecule has 0 aliphatic heterocycles. The lowest BCUT2D eigenvalue weighted by molar-refractivity contribution is 0.0161. The van der Waals surface area contributed by atoms with Crippen molar-refractivity contribution in [3.05, 3.63) is 28.2 Å². The third kappa shape index (κ3) is 7.27. The van der Waals surface area contributed by atoms with Crippen molar-refractivity contribution < 1.29 is 14.6 Å². The average Bonchev–Trinajstić information content (AvgIpc) is 2.44. The van der Waals surface area contributed by atoms with Gasteiger partial charge in [0.25, 0.3) is 0 Å². The summed E-state index contributed by atoms with van der Waals surface area (Å²) in [5.41, 5.74) is 1.08. The highest BCUT2D eigenvalue weighted by atomic mass is 79.9. The van der Waals surface area contributed by atoms with Crippen LogP contribution in [0.4, 0.5) is 0 Å². The number of rotatable bonds is 10. The predicted octanol–water partition coefficient (Wildman–Crippen LogP) is 2.97. The van der Waals surface area contributed by atoms with E-state index in [0.717, 1.165) is 28.9 Å². The van der Waals surface area contributed by atoms with Gasteiger partial charge in [0, 0.05) is 18.7 Å². The maximum atomic E-state index is 9.79. The van der Waals surface area contributed by atoms with E-state index in [1.807, 2.05) is 25.1 Å². The summed E-state index contributed by atoms with van der Waals surface area (Å²) in [5, 5.41) is 13.2. The highest BCUT2D eigenvalue weighted by Crippen LogP contribution is 2.29. The molecule has 4 nitrogen and oxygen atoms in total. The third-order valence-corrected chi connectivity index (χ3v) is 3.48. The first-order valence-corrected chi connectivity index (χ1v) is 8.20. The van der Waals surface area contributed by atoms with Crippen molar-refractivity contribution in [1.82, 2.24) is 5.32 Å². The second kappa shape index (κ2) is 10.2. The van der Waals surface area contributed by atoms with Crippen LogP contribution >= 0.6 is 15.9 Å². The van der Waals surface area contributed by atoms with Crippen LogP contribution in [-0.2, 0) is 11.3 Å². The highest BCUT2D eigenvalue weighted by Gasteiger charge is 2.11. The van der Waals surface area contributed by atoms with Gasteiger partial charge in [-0.05, 0) is 41.4 Å². The van der Waals surface area contributed by atoms with Crippen molar-refractivity contribution in [1.29, 1.82) is 0 Å². The van der Waals surface area contributed by atoms with Crippen LogP contribution in [0.3, 0.4) is 0 Å². The maximum Gasteiger partial charge on any atom is 0.138 e. The van der Waals surface area contributed by atoms with E-state index in [4.69, 9.17) is 9.47 Å². The molecule has 0 aliphatic carbocycles. The van der Waals surface area contributed by atoms with E-state index in [0.29, 0.717) is 19.1 Å². The Bertz CT molecular complexity index is 413. The molecule has 1 aromatic carbocycles. The number of benzene rings is 1.